The molecule has 152 valence electrons. The maximum absolute atomic E-state index is 13.0. The van der Waals surface area contributed by atoms with Crippen molar-refractivity contribution in [2.75, 3.05) is 25.0 Å². The zero-order valence-electron chi connectivity index (χ0n) is 17.2. The molecule has 0 fully saturated rings. The predicted molar refractivity (Wildman–Crippen MR) is 116 cm³/mol. The lowest BCUT2D eigenvalue weighted by Gasteiger charge is -2.19. The van der Waals surface area contributed by atoms with Crippen LogP contribution in [0.5, 0.6) is 5.75 Å². The number of anilines is 1. The molecule has 0 atom stereocenters. The number of benzene rings is 2. The molecule has 0 unspecified atom stereocenters. The highest BCUT2D eigenvalue weighted by atomic mass is 16.5. The van der Waals surface area contributed by atoms with Crippen molar-refractivity contribution in [3.05, 3.63) is 77.0 Å². The van der Waals surface area contributed by atoms with Crippen LogP contribution in [-0.4, -0.2) is 35.1 Å². The lowest BCUT2D eigenvalue weighted by molar-refractivity contribution is -0.117. The van der Waals surface area contributed by atoms with E-state index in [0.717, 1.165) is 28.3 Å². The van der Waals surface area contributed by atoms with Crippen LogP contribution in [0.15, 0.2) is 54.6 Å². The highest BCUT2D eigenvalue weighted by Gasteiger charge is 2.22. The fourth-order valence-electron chi connectivity index (χ4n) is 3.85. The van der Waals surface area contributed by atoms with Crippen LogP contribution in [0.4, 0.5) is 5.82 Å². The summed E-state index contributed by atoms with van der Waals surface area (Å²) in [7, 11) is 0. The molecule has 0 radical (unpaired) electrons. The summed E-state index contributed by atoms with van der Waals surface area (Å²) in [5.41, 5.74) is 4.28. The van der Waals surface area contributed by atoms with Crippen LogP contribution >= 0.6 is 0 Å². The van der Waals surface area contributed by atoms with Crippen molar-refractivity contribution in [3.63, 3.8) is 0 Å². The molecule has 6 nitrogen and oxygen atoms in total. The molecule has 6 heteroatoms. The molecular formula is C24H24N4O2. The Bertz CT molecular complexity index is 1110. The van der Waals surface area contributed by atoms with Gasteiger partial charge in [0.1, 0.15) is 24.2 Å². The van der Waals surface area contributed by atoms with Gasteiger partial charge in [0.05, 0.1) is 12.1 Å². The fourth-order valence-corrected chi connectivity index (χ4v) is 3.85. The van der Waals surface area contributed by atoms with Crippen molar-refractivity contribution >= 4 is 11.7 Å². The zero-order chi connectivity index (χ0) is 21.1. The molecule has 2 heterocycles. The zero-order valence-corrected chi connectivity index (χ0v) is 17.2. The first kappa shape index (κ1) is 19.7. The number of rotatable bonds is 4. The Morgan fingerprint density at radius 2 is 1.87 bits per heavy atom. The third-order valence-electron chi connectivity index (χ3n) is 5.50. The molecule has 1 N–H and O–H groups in total. The van der Waals surface area contributed by atoms with E-state index in [0.29, 0.717) is 31.1 Å². The summed E-state index contributed by atoms with van der Waals surface area (Å²) in [5.74, 6) is 1.24. The normalized spacial score (nSPS) is 13.6. The van der Waals surface area contributed by atoms with Crippen LogP contribution < -0.4 is 10.1 Å². The molecule has 1 aliphatic heterocycles. The quantitative estimate of drug-likeness (QED) is 0.723. The van der Waals surface area contributed by atoms with Gasteiger partial charge in [0.2, 0.25) is 5.91 Å². The standard InChI is InChI=1S/C24H24N4O2/c1-17-18(2)28(20-9-4-3-5-10-20)24(21(17)14-25)26-23(29)16-27-12-13-30-22-11-7-6-8-19(22)15-27/h3-11H,12-13,15-16H2,1-2H3,(H,26,29). The maximum Gasteiger partial charge on any atom is 0.239 e. The Kier molecular flexibility index (Phi) is 5.55. The number of ether oxygens (including phenoxy) is 1. The topological polar surface area (TPSA) is 70.3 Å². The van der Waals surface area contributed by atoms with Gasteiger partial charge in [-0.05, 0) is 37.6 Å². The van der Waals surface area contributed by atoms with Gasteiger partial charge in [-0.1, -0.05) is 36.4 Å². The first-order valence-electron chi connectivity index (χ1n) is 9.99. The van der Waals surface area contributed by atoms with Gasteiger partial charge >= 0.3 is 0 Å². The van der Waals surface area contributed by atoms with E-state index in [-0.39, 0.29) is 12.5 Å². The minimum absolute atomic E-state index is 0.152. The number of amides is 1. The summed E-state index contributed by atoms with van der Waals surface area (Å²) in [6.45, 7) is 5.93. The predicted octanol–water partition coefficient (Wildman–Crippen LogP) is 3.80. The van der Waals surface area contributed by atoms with Crippen molar-refractivity contribution < 1.29 is 9.53 Å². The monoisotopic (exact) mass is 400 g/mol. The SMILES string of the molecule is Cc1c(C#N)c(NC(=O)CN2CCOc3ccccc3C2)n(-c2ccccc2)c1C. The number of nitrogens with zero attached hydrogens (tertiary/aromatic N) is 3. The molecule has 0 spiro atoms. The summed E-state index contributed by atoms with van der Waals surface area (Å²) in [4.78, 5) is 15.0. The number of aromatic nitrogens is 1. The Balaban J connectivity index is 1.58. The Labute approximate surface area is 176 Å². The van der Waals surface area contributed by atoms with Gasteiger partial charge in [0, 0.05) is 30.0 Å². The van der Waals surface area contributed by atoms with E-state index in [1.165, 1.54) is 0 Å². The number of fused-ring (bicyclic) bond motifs is 1. The van der Waals surface area contributed by atoms with E-state index < -0.39 is 0 Å². The van der Waals surface area contributed by atoms with Gasteiger partial charge in [-0.15, -0.1) is 0 Å². The molecule has 0 bridgehead atoms. The number of nitriles is 1. The second-order valence-corrected chi connectivity index (χ2v) is 7.43. The van der Waals surface area contributed by atoms with E-state index >= 15 is 0 Å². The lowest BCUT2D eigenvalue weighted by Crippen LogP contribution is -2.34. The van der Waals surface area contributed by atoms with Crippen molar-refractivity contribution in [1.29, 1.82) is 5.26 Å². The number of para-hydroxylation sites is 2. The van der Waals surface area contributed by atoms with E-state index in [4.69, 9.17) is 4.74 Å². The molecule has 0 saturated heterocycles. The lowest BCUT2D eigenvalue weighted by atomic mass is 10.2. The molecule has 0 saturated carbocycles. The molecule has 1 aliphatic rings. The van der Waals surface area contributed by atoms with Crippen molar-refractivity contribution in [1.82, 2.24) is 9.47 Å². The van der Waals surface area contributed by atoms with Gasteiger partial charge in [0.15, 0.2) is 0 Å². The maximum atomic E-state index is 13.0. The number of carbonyl (C=O) groups is 1. The van der Waals surface area contributed by atoms with Crippen molar-refractivity contribution in [2.45, 2.75) is 20.4 Å². The van der Waals surface area contributed by atoms with Crippen LogP contribution in [0.2, 0.25) is 0 Å². The minimum Gasteiger partial charge on any atom is -0.492 e. The fraction of sp³-hybridized carbons (Fsp3) is 0.250. The van der Waals surface area contributed by atoms with Gasteiger partial charge in [-0.25, -0.2) is 0 Å². The van der Waals surface area contributed by atoms with Crippen molar-refractivity contribution in [2.24, 2.45) is 0 Å². The molecular weight excluding hydrogens is 376 g/mol. The largest absolute Gasteiger partial charge is 0.492 e. The molecule has 4 rings (SSSR count). The van der Waals surface area contributed by atoms with Crippen LogP contribution in [-0.2, 0) is 11.3 Å². The second-order valence-electron chi connectivity index (χ2n) is 7.43. The van der Waals surface area contributed by atoms with E-state index in [1.54, 1.807) is 0 Å². The van der Waals surface area contributed by atoms with Crippen molar-refractivity contribution in [3.8, 4) is 17.5 Å². The smallest absolute Gasteiger partial charge is 0.239 e. The summed E-state index contributed by atoms with van der Waals surface area (Å²) >= 11 is 0. The first-order chi connectivity index (χ1) is 14.6. The average molecular weight is 400 g/mol. The van der Waals surface area contributed by atoms with E-state index in [1.807, 2.05) is 73.0 Å². The molecule has 30 heavy (non-hydrogen) atoms. The van der Waals surface area contributed by atoms with Crippen LogP contribution in [0.3, 0.4) is 0 Å². The van der Waals surface area contributed by atoms with Crippen LogP contribution in [0.25, 0.3) is 5.69 Å². The van der Waals surface area contributed by atoms with Crippen LogP contribution in [0.1, 0.15) is 22.4 Å². The summed E-state index contributed by atoms with van der Waals surface area (Å²) in [6.07, 6.45) is 0. The third kappa shape index (κ3) is 3.80. The number of nitrogens with one attached hydrogen (secondary N) is 1. The Morgan fingerprint density at radius 1 is 1.13 bits per heavy atom. The summed E-state index contributed by atoms with van der Waals surface area (Å²) in [5, 5.41) is 12.7. The molecule has 1 amide bonds. The summed E-state index contributed by atoms with van der Waals surface area (Å²) < 4.78 is 7.73. The summed E-state index contributed by atoms with van der Waals surface area (Å²) in [6, 6.07) is 19.9. The first-order valence-corrected chi connectivity index (χ1v) is 9.99. The third-order valence-corrected chi connectivity index (χ3v) is 5.50. The Hall–Kier alpha value is -3.56. The van der Waals surface area contributed by atoms with Gasteiger partial charge < -0.3 is 10.1 Å². The van der Waals surface area contributed by atoms with Gasteiger partial charge in [-0.3, -0.25) is 14.3 Å². The van der Waals surface area contributed by atoms with Gasteiger partial charge in [0.25, 0.3) is 0 Å². The van der Waals surface area contributed by atoms with Crippen LogP contribution in [0, 0.1) is 25.2 Å². The van der Waals surface area contributed by atoms with Gasteiger partial charge in [-0.2, -0.15) is 5.26 Å². The number of carbonyl (C=O) groups excluding carboxylic acids is 1. The molecule has 0 aliphatic carbocycles. The van der Waals surface area contributed by atoms with E-state index in [9.17, 15) is 10.1 Å². The highest BCUT2D eigenvalue weighted by molar-refractivity contribution is 5.93. The average Bonchev–Trinajstić information content (AvgIpc) is 2.88. The highest BCUT2D eigenvalue weighted by Crippen LogP contribution is 2.30. The Morgan fingerprint density at radius 3 is 2.63 bits per heavy atom. The van der Waals surface area contributed by atoms with E-state index in [2.05, 4.69) is 16.3 Å². The minimum atomic E-state index is -0.152. The molecule has 1 aromatic heterocycles. The molecule has 3 aromatic rings. The number of hydrogen-bond donors (Lipinski definition) is 1. The number of hydrogen-bond acceptors (Lipinski definition) is 4. The second kappa shape index (κ2) is 8.44. The molecule has 2 aromatic carbocycles.